The molecule has 0 aromatic carbocycles. The van der Waals surface area contributed by atoms with Gasteiger partial charge in [-0.3, -0.25) is 0 Å². The SMILES string of the molecule is Cc1ccc(O[C@@H]2CCN(S(=O)(=O)C3CC3)C2)nc1. The van der Waals surface area contributed by atoms with Crippen molar-refractivity contribution in [1.82, 2.24) is 9.29 Å². The molecule has 3 rings (SSSR count). The average Bonchev–Trinajstić information content (AvgIpc) is 3.14. The first-order valence-electron chi connectivity index (χ1n) is 6.64. The average molecular weight is 282 g/mol. The van der Waals surface area contributed by atoms with Gasteiger partial charge < -0.3 is 4.74 Å². The van der Waals surface area contributed by atoms with Gasteiger partial charge in [-0.25, -0.2) is 13.4 Å². The van der Waals surface area contributed by atoms with Gasteiger partial charge in [-0.1, -0.05) is 6.07 Å². The zero-order valence-electron chi connectivity index (χ0n) is 10.9. The van der Waals surface area contributed by atoms with Crippen LogP contribution in [-0.2, 0) is 10.0 Å². The minimum atomic E-state index is -3.06. The Labute approximate surface area is 113 Å². The Morgan fingerprint density at radius 3 is 2.74 bits per heavy atom. The number of hydrogen-bond donors (Lipinski definition) is 0. The molecule has 1 aromatic heterocycles. The minimum absolute atomic E-state index is 0.0799. The zero-order valence-corrected chi connectivity index (χ0v) is 11.8. The van der Waals surface area contributed by atoms with Crippen molar-refractivity contribution < 1.29 is 13.2 Å². The fourth-order valence-corrected chi connectivity index (χ4v) is 4.18. The van der Waals surface area contributed by atoms with E-state index in [1.807, 2.05) is 19.1 Å². The van der Waals surface area contributed by atoms with Gasteiger partial charge in [0.15, 0.2) is 0 Å². The van der Waals surface area contributed by atoms with Crippen LogP contribution in [0.25, 0.3) is 0 Å². The molecule has 0 spiro atoms. The van der Waals surface area contributed by atoms with Gasteiger partial charge >= 0.3 is 0 Å². The van der Waals surface area contributed by atoms with E-state index in [4.69, 9.17) is 4.74 Å². The lowest BCUT2D eigenvalue weighted by atomic mass is 10.3. The Morgan fingerprint density at radius 1 is 1.32 bits per heavy atom. The third kappa shape index (κ3) is 2.74. The van der Waals surface area contributed by atoms with Crippen LogP contribution in [-0.4, -0.2) is 42.2 Å². The largest absolute Gasteiger partial charge is 0.473 e. The van der Waals surface area contributed by atoms with Crippen LogP contribution in [0.2, 0.25) is 0 Å². The molecule has 2 fully saturated rings. The standard InChI is InChI=1S/C13H18N2O3S/c1-10-2-5-13(14-8-10)18-11-6-7-15(9-11)19(16,17)12-3-4-12/h2,5,8,11-12H,3-4,6-7,9H2,1H3/t11-/m1/s1. The first kappa shape index (κ1) is 12.9. The molecule has 0 unspecified atom stereocenters. The van der Waals surface area contributed by atoms with Crippen LogP contribution < -0.4 is 4.74 Å². The molecule has 104 valence electrons. The number of rotatable bonds is 4. The molecular weight excluding hydrogens is 264 g/mol. The molecule has 1 aliphatic heterocycles. The Balaban J connectivity index is 1.61. The van der Waals surface area contributed by atoms with E-state index in [2.05, 4.69) is 4.98 Å². The molecule has 6 heteroatoms. The third-order valence-electron chi connectivity index (χ3n) is 3.58. The first-order valence-corrected chi connectivity index (χ1v) is 8.14. The Morgan fingerprint density at radius 2 is 2.11 bits per heavy atom. The second kappa shape index (κ2) is 4.76. The van der Waals surface area contributed by atoms with E-state index >= 15 is 0 Å². The molecule has 0 N–H and O–H groups in total. The number of aryl methyl sites for hydroxylation is 1. The van der Waals surface area contributed by atoms with Crippen LogP contribution in [0.1, 0.15) is 24.8 Å². The molecule has 1 aliphatic carbocycles. The lowest BCUT2D eigenvalue weighted by Crippen LogP contribution is -2.33. The summed E-state index contributed by atoms with van der Waals surface area (Å²) < 4.78 is 31.5. The highest BCUT2D eigenvalue weighted by atomic mass is 32.2. The number of nitrogens with zero attached hydrogens (tertiary/aromatic N) is 2. The number of hydrogen-bond acceptors (Lipinski definition) is 4. The fraction of sp³-hybridized carbons (Fsp3) is 0.615. The van der Waals surface area contributed by atoms with E-state index in [1.165, 1.54) is 0 Å². The molecule has 1 saturated heterocycles. The summed E-state index contributed by atoms with van der Waals surface area (Å²) in [5.41, 5.74) is 1.08. The van der Waals surface area contributed by atoms with Crippen molar-refractivity contribution in [1.29, 1.82) is 0 Å². The molecular formula is C13H18N2O3S. The molecule has 19 heavy (non-hydrogen) atoms. The van der Waals surface area contributed by atoms with E-state index < -0.39 is 10.0 Å². The molecule has 2 aliphatic rings. The molecule has 1 aromatic rings. The maximum absolute atomic E-state index is 12.1. The van der Waals surface area contributed by atoms with Gasteiger partial charge in [0.05, 0.1) is 11.8 Å². The summed E-state index contributed by atoms with van der Waals surface area (Å²) in [5.74, 6) is 0.571. The van der Waals surface area contributed by atoms with E-state index in [1.54, 1.807) is 10.5 Å². The van der Waals surface area contributed by atoms with Crippen molar-refractivity contribution in [3.63, 3.8) is 0 Å². The predicted molar refractivity (Wildman–Crippen MR) is 71.5 cm³/mol. The van der Waals surface area contributed by atoms with Crippen LogP contribution in [0, 0.1) is 6.92 Å². The summed E-state index contributed by atoms with van der Waals surface area (Å²) in [6, 6.07) is 3.77. The lowest BCUT2D eigenvalue weighted by Gasteiger charge is -2.16. The van der Waals surface area contributed by atoms with Gasteiger partial charge in [-0.05, 0) is 31.7 Å². The van der Waals surface area contributed by atoms with Gasteiger partial charge in [0, 0.05) is 18.8 Å². The van der Waals surface area contributed by atoms with Crippen LogP contribution in [0.4, 0.5) is 0 Å². The van der Waals surface area contributed by atoms with Crippen molar-refractivity contribution in [2.75, 3.05) is 13.1 Å². The van der Waals surface area contributed by atoms with Gasteiger partial charge in [0.2, 0.25) is 15.9 Å². The van der Waals surface area contributed by atoms with Crippen LogP contribution >= 0.6 is 0 Å². The van der Waals surface area contributed by atoms with Gasteiger partial charge in [0.1, 0.15) is 6.10 Å². The predicted octanol–water partition coefficient (Wildman–Crippen LogP) is 1.34. The minimum Gasteiger partial charge on any atom is -0.473 e. The smallest absolute Gasteiger partial charge is 0.217 e. The second-order valence-corrected chi connectivity index (χ2v) is 7.52. The maximum Gasteiger partial charge on any atom is 0.217 e. The van der Waals surface area contributed by atoms with E-state index in [0.717, 1.165) is 24.8 Å². The summed E-state index contributed by atoms with van der Waals surface area (Å²) in [6.07, 6.45) is 4.03. The molecule has 1 saturated carbocycles. The van der Waals surface area contributed by atoms with Crippen molar-refractivity contribution in [3.8, 4) is 5.88 Å². The molecule has 0 amide bonds. The topological polar surface area (TPSA) is 59.5 Å². The summed E-state index contributed by atoms with van der Waals surface area (Å²) >= 11 is 0. The fourth-order valence-electron chi connectivity index (χ4n) is 2.30. The third-order valence-corrected chi connectivity index (χ3v) is 5.95. The first-order chi connectivity index (χ1) is 9.05. The van der Waals surface area contributed by atoms with Crippen molar-refractivity contribution in [2.24, 2.45) is 0 Å². The number of aromatic nitrogens is 1. The maximum atomic E-state index is 12.1. The van der Waals surface area contributed by atoms with Crippen LogP contribution in [0.15, 0.2) is 18.3 Å². The molecule has 0 bridgehead atoms. The quantitative estimate of drug-likeness (QED) is 0.836. The highest BCUT2D eigenvalue weighted by Crippen LogP contribution is 2.33. The van der Waals surface area contributed by atoms with Crippen molar-refractivity contribution in [3.05, 3.63) is 23.9 Å². The summed E-state index contributed by atoms with van der Waals surface area (Å²) in [7, 11) is -3.06. The summed E-state index contributed by atoms with van der Waals surface area (Å²) in [6.45, 7) is 2.99. The highest BCUT2D eigenvalue weighted by Gasteiger charge is 2.43. The monoisotopic (exact) mass is 282 g/mol. The lowest BCUT2D eigenvalue weighted by molar-refractivity contribution is 0.207. The van der Waals surface area contributed by atoms with Crippen LogP contribution in [0.3, 0.4) is 0 Å². The summed E-state index contributed by atoms with van der Waals surface area (Å²) in [5, 5.41) is -0.135. The molecule has 2 heterocycles. The van der Waals surface area contributed by atoms with E-state index in [0.29, 0.717) is 19.0 Å². The number of sulfonamides is 1. The second-order valence-electron chi connectivity index (χ2n) is 5.30. The zero-order chi connectivity index (χ0) is 13.5. The Hall–Kier alpha value is -1.14. The normalized spacial score (nSPS) is 24.6. The van der Waals surface area contributed by atoms with Crippen molar-refractivity contribution in [2.45, 2.75) is 37.5 Å². The van der Waals surface area contributed by atoms with Gasteiger partial charge in [-0.15, -0.1) is 0 Å². The Kier molecular flexibility index (Phi) is 3.22. The molecule has 1 atom stereocenters. The number of ether oxygens (including phenoxy) is 1. The van der Waals surface area contributed by atoms with Gasteiger partial charge in [-0.2, -0.15) is 4.31 Å². The molecule has 5 nitrogen and oxygen atoms in total. The molecule has 0 radical (unpaired) electrons. The van der Waals surface area contributed by atoms with Crippen molar-refractivity contribution >= 4 is 10.0 Å². The van der Waals surface area contributed by atoms with E-state index in [-0.39, 0.29) is 11.4 Å². The highest BCUT2D eigenvalue weighted by molar-refractivity contribution is 7.90. The summed E-state index contributed by atoms with van der Waals surface area (Å²) in [4.78, 5) is 4.19. The van der Waals surface area contributed by atoms with Gasteiger partial charge in [0.25, 0.3) is 0 Å². The number of pyridine rings is 1. The van der Waals surface area contributed by atoms with Crippen LogP contribution in [0.5, 0.6) is 5.88 Å². The Bertz CT molecular complexity index is 552. The van der Waals surface area contributed by atoms with E-state index in [9.17, 15) is 8.42 Å².